The SMILES string of the molecule is Cc1cc(C)cc(C(=O)N[C@H](Cc2ccccc2F)C(N)=O)c1. The average Bonchev–Trinajstić information content (AvgIpc) is 2.47. The smallest absolute Gasteiger partial charge is 0.251 e. The normalized spacial score (nSPS) is 11.8. The fraction of sp³-hybridized carbons (Fsp3) is 0.222. The molecule has 5 heteroatoms. The van der Waals surface area contributed by atoms with Crippen molar-refractivity contribution in [3.05, 3.63) is 70.5 Å². The topological polar surface area (TPSA) is 72.2 Å². The Labute approximate surface area is 134 Å². The molecule has 0 bridgehead atoms. The molecule has 0 aliphatic carbocycles. The first-order valence-corrected chi connectivity index (χ1v) is 7.28. The number of nitrogens with one attached hydrogen (secondary N) is 1. The fourth-order valence-electron chi connectivity index (χ4n) is 2.45. The molecule has 2 rings (SSSR count). The Bertz CT molecular complexity index is 723. The van der Waals surface area contributed by atoms with Gasteiger partial charge in [0.05, 0.1) is 0 Å². The lowest BCUT2D eigenvalue weighted by Gasteiger charge is -2.16. The van der Waals surface area contributed by atoms with E-state index in [1.54, 1.807) is 30.3 Å². The highest BCUT2D eigenvalue weighted by atomic mass is 19.1. The standard InChI is InChI=1S/C18H19FN2O2/c1-11-7-12(2)9-14(8-11)18(23)21-16(17(20)22)10-13-5-3-4-6-15(13)19/h3-9,16H,10H2,1-2H3,(H2,20,22)(H,21,23)/t16-/m1/s1. The van der Waals surface area contributed by atoms with Gasteiger partial charge < -0.3 is 11.1 Å². The van der Waals surface area contributed by atoms with E-state index in [4.69, 9.17) is 5.73 Å². The molecule has 0 unspecified atom stereocenters. The summed E-state index contributed by atoms with van der Waals surface area (Å²) in [5.74, 6) is -1.54. The molecular formula is C18H19FN2O2. The summed E-state index contributed by atoms with van der Waals surface area (Å²) >= 11 is 0. The summed E-state index contributed by atoms with van der Waals surface area (Å²) in [5, 5.41) is 2.58. The van der Waals surface area contributed by atoms with E-state index in [0.29, 0.717) is 11.1 Å². The van der Waals surface area contributed by atoms with Crippen molar-refractivity contribution in [1.29, 1.82) is 0 Å². The lowest BCUT2D eigenvalue weighted by atomic mass is 10.0. The van der Waals surface area contributed by atoms with E-state index in [2.05, 4.69) is 5.32 Å². The van der Waals surface area contributed by atoms with Crippen LogP contribution in [0.15, 0.2) is 42.5 Å². The number of carbonyl (C=O) groups excluding carboxylic acids is 2. The van der Waals surface area contributed by atoms with Gasteiger partial charge in [0, 0.05) is 12.0 Å². The summed E-state index contributed by atoms with van der Waals surface area (Å²) in [6.07, 6.45) is 0.0124. The second-order valence-electron chi connectivity index (χ2n) is 5.60. The van der Waals surface area contributed by atoms with Crippen LogP contribution < -0.4 is 11.1 Å². The van der Waals surface area contributed by atoms with Crippen LogP contribution in [0.2, 0.25) is 0 Å². The molecule has 0 aromatic heterocycles. The van der Waals surface area contributed by atoms with Gasteiger partial charge in [0.25, 0.3) is 5.91 Å². The highest BCUT2D eigenvalue weighted by Gasteiger charge is 2.21. The molecule has 1 atom stereocenters. The summed E-state index contributed by atoms with van der Waals surface area (Å²) in [7, 11) is 0. The molecule has 0 saturated heterocycles. The van der Waals surface area contributed by atoms with E-state index < -0.39 is 23.7 Å². The van der Waals surface area contributed by atoms with Crippen molar-refractivity contribution in [3.8, 4) is 0 Å². The number of carbonyl (C=O) groups is 2. The molecule has 0 spiro atoms. The van der Waals surface area contributed by atoms with Crippen molar-refractivity contribution < 1.29 is 14.0 Å². The molecule has 0 radical (unpaired) electrons. The van der Waals surface area contributed by atoms with Crippen LogP contribution in [0.3, 0.4) is 0 Å². The highest BCUT2D eigenvalue weighted by molar-refractivity contribution is 5.97. The minimum absolute atomic E-state index is 0.0124. The maximum Gasteiger partial charge on any atom is 0.251 e. The Balaban J connectivity index is 2.18. The van der Waals surface area contributed by atoms with E-state index in [0.717, 1.165) is 11.1 Å². The predicted molar refractivity (Wildman–Crippen MR) is 86.5 cm³/mol. The minimum Gasteiger partial charge on any atom is -0.368 e. The first-order chi connectivity index (χ1) is 10.9. The maximum atomic E-state index is 13.7. The minimum atomic E-state index is -0.972. The first kappa shape index (κ1) is 16.7. The number of hydrogen-bond acceptors (Lipinski definition) is 2. The molecule has 2 aromatic rings. The van der Waals surface area contributed by atoms with E-state index >= 15 is 0 Å². The summed E-state index contributed by atoms with van der Waals surface area (Å²) in [4.78, 5) is 23.9. The molecule has 0 aliphatic rings. The van der Waals surface area contributed by atoms with Crippen LogP contribution in [0, 0.1) is 19.7 Å². The molecule has 0 aliphatic heterocycles. The van der Waals surface area contributed by atoms with Crippen LogP contribution in [0.25, 0.3) is 0 Å². The molecule has 120 valence electrons. The third-order valence-corrected chi connectivity index (χ3v) is 3.51. The summed E-state index contributed by atoms with van der Waals surface area (Å²) in [6.45, 7) is 3.77. The number of halogens is 1. The highest BCUT2D eigenvalue weighted by Crippen LogP contribution is 2.12. The third kappa shape index (κ3) is 4.39. The number of rotatable bonds is 5. The van der Waals surface area contributed by atoms with E-state index in [9.17, 15) is 14.0 Å². The largest absolute Gasteiger partial charge is 0.368 e. The van der Waals surface area contributed by atoms with Gasteiger partial charge in [-0.05, 0) is 37.6 Å². The molecule has 23 heavy (non-hydrogen) atoms. The van der Waals surface area contributed by atoms with Gasteiger partial charge in [0.15, 0.2) is 0 Å². The second kappa shape index (κ2) is 7.05. The van der Waals surface area contributed by atoms with Gasteiger partial charge in [0.2, 0.25) is 5.91 Å². The molecule has 2 aromatic carbocycles. The fourth-order valence-corrected chi connectivity index (χ4v) is 2.45. The zero-order valence-electron chi connectivity index (χ0n) is 13.1. The number of primary amides is 1. The van der Waals surface area contributed by atoms with Gasteiger partial charge in [-0.25, -0.2) is 4.39 Å². The van der Waals surface area contributed by atoms with Gasteiger partial charge in [0.1, 0.15) is 11.9 Å². The van der Waals surface area contributed by atoms with Crippen LogP contribution >= 0.6 is 0 Å². The van der Waals surface area contributed by atoms with Gasteiger partial charge in [-0.3, -0.25) is 9.59 Å². The van der Waals surface area contributed by atoms with Crippen molar-refractivity contribution in [3.63, 3.8) is 0 Å². The van der Waals surface area contributed by atoms with Crippen LogP contribution in [0.1, 0.15) is 27.0 Å². The molecule has 0 saturated carbocycles. The number of amides is 2. The van der Waals surface area contributed by atoms with Gasteiger partial charge >= 0.3 is 0 Å². The molecular weight excluding hydrogens is 295 g/mol. The van der Waals surface area contributed by atoms with Crippen LogP contribution in [0.4, 0.5) is 4.39 Å². The molecule has 2 amide bonds. The number of nitrogens with two attached hydrogens (primary N) is 1. The Morgan fingerprint density at radius 1 is 1.13 bits per heavy atom. The van der Waals surface area contributed by atoms with Crippen molar-refractivity contribution in [2.24, 2.45) is 5.73 Å². The van der Waals surface area contributed by atoms with Gasteiger partial charge in [-0.1, -0.05) is 35.4 Å². The van der Waals surface area contributed by atoms with E-state index in [1.807, 2.05) is 19.9 Å². The lowest BCUT2D eigenvalue weighted by Crippen LogP contribution is -2.46. The molecule has 4 nitrogen and oxygen atoms in total. The number of aryl methyl sites for hydroxylation is 2. The zero-order chi connectivity index (χ0) is 17.0. The van der Waals surface area contributed by atoms with Crippen LogP contribution in [-0.2, 0) is 11.2 Å². The number of hydrogen-bond donors (Lipinski definition) is 2. The Kier molecular flexibility index (Phi) is 5.11. The lowest BCUT2D eigenvalue weighted by molar-refractivity contribution is -0.119. The predicted octanol–water partition coefficient (Wildman–Crippen LogP) is 2.27. The van der Waals surface area contributed by atoms with Gasteiger partial charge in [-0.15, -0.1) is 0 Å². The maximum absolute atomic E-state index is 13.7. The Morgan fingerprint density at radius 3 is 2.30 bits per heavy atom. The Morgan fingerprint density at radius 2 is 1.74 bits per heavy atom. The monoisotopic (exact) mass is 314 g/mol. The molecule has 3 N–H and O–H groups in total. The number of benzene rings is 2. The van der Waals surface area contributed by atoms with Crippen LogP contribution in [-0.4, -0.2) is 17.9 Å². The Hall–Kier alpha value is -2.69. The second-order valence-corrected chi connectivity index (χ2v) is 5.60. The molecule has 0 fully saturated rings. The van der Waals surface area contributed by atoms with Crippen molar-refractivity contribution in [1.82, 2.24) is 5.32 Å². The molecule has 0 heterocycles. The van der Waals surface area contributed by atoms with Gasteiger partial charge in [-0.2, -0.15) is 0 Å². The zero-order valence-corrected chi connectivity index (χ0v) is 13.1. The van der Waals surface area contributed by atoms with E-state index in [-0.39, 0.29) is 6.42 Å². The van der Waals surface area contributed by atoms with Crippen molar-refractivity contribution in [2.75, 3.05) is 0 Å². The average molecular weight is 314 g/mol. The summed E-state index contributed by atoms with van der Waals surface area (Å²) in [5.41, 5.74) is 8.01. The quantitative estimate of drug-likeness (QED) is 0.888. The summed E-state index contributed by atoms with van der Waals surface area (Å²) < 4.78 is 13.7. The van der Waals surface area contributed by atoms with Crippen molar-refractivity contribution >= 4 is 11.8 Å². The first-order valence-electron chi connectivity index (χ1n) is 7.28. The van der Waals surface area contributed by atoms with E-state index in [1.165, 1.54) is 6.07 Å². The third-order valence-electron chi connectivity index (χ3n) is 3.51. The van der Waals surface area contributed by atoms with Crippen LogP contribution in [0.5, 0.6) is 0 Å². The summed E-state index contributed by atoms with van der Waals surface area (Å²) in [6, 6.07) is 10.5. The van der Waals surface area contributed by atoms with Crippen molar-refractivity contribution in [2.45, 2.75) is 26.3 Å².